The fourth-order valence-electron chi connectivity index (χ4n) is 3.64. The van der Waals surface area contributed by atoms with E-state index in [9.17, 15) is 19.2 Å². The van der Waals surface area contributed by atoms with E-state index in [1.165, 1.54) is 0 Å². The first-order valence-electron chi connectivity index (χ1n) is 9.94. The SMILES string of the molecule is O=C(CCn1[nH]c(=O)c2ccccc2c1=O)Nc1ccc(C(=O)N2CCCC2)cc1. The third-order valence-corrected chi connectivity index (χ3v) is 5.26. The van der Waals surface area contributed by atoms with Gasteiger partial charge in [-0.15, -0.1) is 0 Å². The highest BCUT2D eigenvalue weighted by molar-refractivity contribution is 5.96. The van der Waals surface area contributed by atoms with Crippen LogP contribution in [0.4, 0.5) is 5.69 Å². The average Bonchev–Trinajstić information content (AvgIpc) is 3.30. The Hall–Kier alpha value is -3.68. The van der Waals surface area contributed by atoms with E-state index < -0.39 is 0 Å². The van der Waals surface area contributed by atoms with E-state index >= 15 is 0 Å². The molecule has 0 bridgehead atoms. The predicted molar refractivity (Wildman–Crippen MR) is 114 cm³/mol. The van der Waals surface area contributed by atoms with Crippen LogP contribution in [0.15, 0.2) is 58.1 Å². The number of rotatable bonds is 5. The molecule has 4 rings (SSSR count). The van der Waals surface area contributed by atoms with Crippen molar-refractivity contribution in [1.29, 1.82) is 0 Å². The van der Waals surface area contributed by atoms with E-state index in [0.717, 1.165) is 30.6 Å². The Balaban J connectivity index is 1.39. The first-order chi connectivity index (χ1) is 14.5. The van der Waals surface area contributed by atoms with Crippen LogP contribution in [-0.4, -0.2) is 39.6 Å². The number of hydrogen-bond donors (Lipinski definition) is 2. The third-order valence-electron chi connectivity index (χ3n) is 5.26. The van der Waals surface area contributed by atoms with Crippen LogP contribution in [0.2, 0.25) is 0 Å². The number of benzene rings is 2. The van der Waals surface area contributed by atoms with Gasteiger partial charge in [0.25, 0.3) is 17.0 Å². The van der Waals surface area contributed by atoms with Gasteiger partial charge in [0.15, 0.2) is 0 Å². The van der Waals surface area contributed by atoms with E-state index in [1.807, 2.05) is 4.90 Å². The number of amides is 2. The summed E-state index contributed by atoms with van der Waals surface area (Å²) >= 11 is 0. The van der Waals surface area contributed by atoms with Crippen molar-refractivity contribution < 1.29 is 9.59 Å². The highest BCUT2D eigenvalue weighted by Gasteiger charge is 2.19. The predicted octanol–water partition coefficient (Wildman–Crippen LogP) is 1.95. The minimum atomic E-state index is -0.371. The summed E-state index contributed by atoms with van der Waals surface area (Å²) in [5, 5.41) is 5.90. The molecule has 0 unspecified atom stereocenters. The summed E-state index contributed by atoms with van der Waals surface area (Å²) in [7, 11) is 0. The van der Waals surface area contributed by atoms with Gasteiger partial charge in [-0.3, -0.25) is 24.3 Å². The number of aromatic nitrogens is 2. The monoisotopic (exact) mass is 406 g/mol. The van der Waals surface area contributed by atoms with E-state index in [1.54, 1.807) is 48.5 Å². The summed E-state index contributed by atoms with van der Waals surface area (Å²) in [6.07, 6.45) is 2.08. The van der Waals surface area contributed by atoms with Gasteiger partial charge in [-0.05, 0) is 49.2 Å². The maximum Gasteiger partial charge on any atom is 0.273 e. The number of nitrogens with one attached hydrogen (secondary N) is 2. The van der Waals surface area contributed by atoms with Crippen LogP contribution in [0.1, 0.15) is 29.6 Å². The second kappa shape index (κ2) is 8.36. The topological polar surface area (TPSA) is 104 Å². The van der Waals surface area contributed by atoms with Gasteiger partial charge in [-0.1, -0.05) is 12.1 Å². The average molecular weight is 406 g/mol. The highest BCUT2D eigenvalue weighted by Crippen LogP contribution is 2.15. The molecular formula is C22H22N4O4. The Labute approximate surface area is 172 Å². The number of carbonyl (C=O) groups is 2. The van der Waals surface area contributed by atoms with Gasteiger partial charge in [0.1, 0.15) is 0 Å². The molecule has 2 aromatic carbocycles. The van der Waals surface area contributed by atoms with Crippen molar-refractivity contribution in [2.45, 2.75) is 25.8 Å². The lowest BCUT2D eigenvalue weighted by Crippen LogP contribution is -2.31. The van der Waals surface area contributed by atoms with Crippen molar-refractivity contribution in [2.75, 3.05) is 18.4 Å². The normalized spacial score (nSPS) is 13.5. The zero-order valence-corrected chi connectivity index (χ0v) is 16.4. The lowest BCUT2D eigenvalue weighted by molar-refractivity contribution is -0.116. The van der Waals surface area contributed by atoms with Crippen molar-refractivity contribution in [3.8, 4) is 0 Å². The van der Waals surface area contributed by atoms with E-state index in [4.69, 9.17) is 0 Å². The maximum absolute atomic E-state index is 12.5. The molecule has 1 aliphatic rings. The minimum absolute atomic E-state index is 0.00464. The molecule has 0 saturated carbocycles. The number of H-pyrrole nitrogens is 1. The Morgan fingerprint density at radius 3 is 2.30 bits per heavy atom. The zero-order valence-electron chi connectivity index (χ0n) is 16.4. The standard InChI is InChI=1S/C22H22N4O4/c27-19(11-14-26-22(30)18-6-2-1-5-17(18)20(28)24-26)23-16-9-7-15(8-10-16)21(29)25-12-3-4-13-25/h1-2,5-10H,3-4,11-14H2,(H,23,27)(H,24,28). The van der Waals surface area contributed by atoms with Gasteiger partial charge in [0, 0.05) is 30.8 Å². The number of hydrogen-bond acceptors (Lipinski definition) is 4. The second-order valence-corrected chi connectivity index (χ2v) is 7.32. The zero-order chi connectivity index (χ0) is 21.1. The summed E-state index contributed by atoms with van der Waals surface area (Å²) in [4.78, 5) is 51.1. The smallest absolute Gasteiger partial charge is 0.273 e. The molecule has 1 aliphatic heterocycles. The Morgan fingerprint density at radius 2 is 1.60 bits per heavy atom. The minimum Gasteiger partial charge on any atom is -0.339 e. The number of likely N-dealkylation sites (tertiary alicyclic amines) is 1. The Bertz CT molecular complexity index is 1200. The molecule has 0 spiro atoms. The number of carbonyl (C=O) groups excluding carboxylic acids is 2. The summed E-state index contributed by atoms with van der Waals surface area (Å²) in [5.74, 6) is -0.292. The number of aromatic amines is 1. The van der Waals surface area contributed by atoms with Crippen molar-refractivity contribution in [3.63, 3.8) is 0 Å². The van der Waals surface area contributed by atoms with Crippen LogP contribution in [-0.2, 0) is 11.3 Å². The van der Waals surface area contributed by atoms with Crippen molar-refractivity contribution in [2.24, 2.45) is 0 Å². The van der Waals surface area contributed by atoms with E-state index in [0.29, 0.717) is 22.0 Å². The molecule has 1 fully saturated rings. The van der Waals surface area contributed by atoms with Crippen LogP contribution in [0, 0.1) is 0 Å². The highest BCUT2D eigenvalue weighted by atomic mass is 16.2. The van der Waals surface area contributed by atoms with Gasteiger partial charge in [-0.2, -0.15) is 0 Å². The van der Waals surface area contributed by atoms with Crippen molar-refractivity contribution >= 4 is 28.3 Å². The van der Waals surface area contributed by atoms with Crippen LogP contribution in [0.3, 0.4) is 0 Å². The van der Waals surface area contributed by atoms with Gasteiger partial charge >= 0.3 is 0 Å². The van der Waals surface area contributed by atoms with Gasteiger partial charge < -0.3 is 10.2 Å². The molecule has 2 heterocycles. The fourth-order valence-corrected chi connectivity index (χ4v) is 3.64. The number of aryl methyl sites for hydroxylation is 1. The number of nitrogens with zero attached hydrogens (tertiary/aromatic N) is 2. The lowest BCUT2D eigenvalue weighted by Gasteiger charge is -2.15. The molecule has 2 amide bonds. The number of fused-ring (bicyclic) bond motifs is 1. The summed E-state index contributed by atoms with van der Waals surface area (Å²) in [5.41, 5.74) is 0.444. The van der Waals surface area contributed by atoms with E-state index in [-0.39, 0.29) is 35.9 Å². The van der Waals surface area contributed by atoms with Gasteiger partial charge in [0.05, 0.1) is 17.3 Å². The lowest BCUT2D eigenvalue weighted by atomic mass is 10.2. The molecule has 3 aromatic rings. The Morgan fingerprint density at radius 1 is 0.933 bits per heavy atom. The first-order valence-corrected chi connectivity index (χ1v) is 9.94. The van der Waals surface area contributed by atoms with Crippen LogP contribution in [0.5, 0.6) is 0 Å². The first kappa shape index (κ1) is 19.6. The van der Waals surface area contributed by atoms with Crippen LogP contribution < -0.4 is 16.4 Å². The van der Waals surface area contributed by atoms with E-state index in [2.05, 4.69) is 10.4 Å². The molecule has 0 radical (unpaired) electrons. The van der Waals surface area contributed by atoms with Crippen molar-refractivity contribution in [1.82, 2.24) is 14.7 Å². The molecule has 2 N–H and O–H groups in total. The molecule has 154 valence electrons. The van der Waals surface area contributed by atoms with Gasteiger partial charge in [-0.25, -0.2) is 4.68 Å². The summed E-state index contributed by atoms with van der Waals surface area (Å²) < 4.78 is 1.15. The largest absolute Gasteiger partial charge is 0.339 e. The molecular weight excluding hydrogens is 384 g/mol. The van der Waals surface area contributed by atoms with Crippen LogP contribution in [0.25, 0.3) is 10.8 Å². The molecule has 30 heavy (non-hydrogen) atoms. The Kier molecular flexibility index (Phi) is 5.47. The maximum atomic E-state index is 12.5. The molecule has 0 atom stereocenters. The molecule has 8 nitrogen and oxygen atoms in total. The molecule has 8 heteroatoms. The second-order valence-electron chi connectivity index (χ2n) is 7.32. The quantitative estimate of drug-likeness (QED) is 0.676. The third kappa shape index (κ3) is 4.03. The van der Waals surface area contributed by atoms with Crippen molar-refractivity contribution in [3.05, 3.63) is 74.8 Å². The van der Waals surface area contributed by atoms with Gasteiger partial charge in [0.2, 0.25) is 5.91 Å². The summed E-state index contributed by atoms with van der Waals surface area (Å²) in [6, 6.07) is 13.3. The summed E-state index contributed by atoms with van der Waals surface area (Å²) in [6.45, 7) is 1.62. The molecule has 1 aromatic heterocycles. The molecule has 0 aliphatic carbocycles. The fraction of sp³-hybridized carbons (Fsp3) is 0.273. The molecule has 1 saturated heterocycles. The number of anilines is 1. The van der Waals surface area contributed by atoms with Crippen LogP contribution >= 0.6 is 0 Å².